The van der Waals surface area contributed by atoms with Gasteiger partial charge in [-0.15, -0.1) is 18.3 Å². The lowest BCUT2D eigenvalue weighted by Gasteiger charge is -2.24. The second-order valence-corrected chi connectivity index (χ2v) is 11.9. The van der Waals surface area contributed by atoms with Crippen LogP contribution in [0.5, 0.6) is 11.5 Å². The van der Waals surface area contributed by atoms with Gasteiger partial charge in [-0.1, -0.05) is 55.9 Å². The summed E-state index contributed by atoms with van der Waals surface area (Å²) >= 11 is 1.46. The van der Waals surface area contributed by atoms with E-state index in [9.17, 15) is 18.0 Å². The van der Waals surface area contributed by atoms with E-state index in [4.69, 9.17) is 4.74 Å². The van der Waals surface area contributed by atoms with Crippen molar-refractivity contribution in [3.63, 3.8) is 0 Å². The van der Waals surface area contributed by atoms with Crippen LogP contribution < -0.4 is 19.7 Å². The van der Waals surface area contributed by atoms with Gasteiger partial charge in [-0.3, -0.25) is 0 Å². The Bertz CT molecular complexity index is 1690. The highest BCUT2D eigenvalue weighted by atomic mass is 32.2. The number of carbonyl (C=O) groups is 1. The van der Waals surface area contributed by atoms with E-state index < -0.39 is 24.6 Å². The molecule has 2 heterocycles. The molecule has 2 amide bonds. The van der Waals surface area contributed by atoms with Gasteiger partial charge in [0.25, 0.3) is 0 Å². The lowest BCUT2D eigenvalue weighted by molar-refractivity contribution is -0.274. The van der Waals surface area contributed by atoms with Crippen LogP contribution in [0, 0.1) is 0 Å². The van der Waals surface area contributed by atoms with E-state index >= 15 is 4.39 Å². The van der Waals surface area contributed by atoms with Gasteiger partial charge < -0.3 is 19.7 Å². The van der Waals surface area contributed by atoms with E-state index in [0.29, 0.717) is 40.1 Å². The number of thioether (sulfide) groups is 1. The molecular formula is C32H32F4N6O3S. The van der Waals surface area contributed by atoms with E-state index in [1.54, 1.807) is 38.3 Å². The minimum atomic E-state index is -4.78. The molecule has 46 heavy (non-hydrogen) atoms. The van der Waals surface area contributed by atoms with Crippen LogP contribution >= 0.6 is 11.8 Å². The molecule has 1 fully saturated rings. The first kappa shape index (κ1) is 32.8. The summed E-state index contributed by atoms with van der Waals surface area (Å²) < 4.78 is 63.4. The molecule has 5 rings (SSSR count). The fraction of sp³-hybridized carbons (Fsp3) is 0.312. The van der Waals surface area contributed by atoms with Crippen molar-refractivity contribution in [2.45, 2.75) is 45.3 Å². The molecule has 242 valence electrons. The van der Waals surface area contributed by atoms with Gasteiger partial charge in [0.1, 0.15) is 24.0 Å². The molecule has 1 N–H and O–H groups in total. The fourth-order valence-corrected chi connectivity index (χ4v) is 5.85. The van der Waals surface area contributed by atoms with E-state index in [2.05, 4.69) is 39.0 Å². The Morgan fingerprint density at radius 3 is 2.37 bits per heavy atom. The number of urea groups is 1. The number of ether oxygens (including phenoxy) is 2. The Kier molecular flexibility index (Phi) is 9.85. The zero-order valence-electron chi connectivity index (χ0n) is 25.5. The number of nitrogens with zero attached hydrogens (tertiary/aromatic N) is 5. The standard InChI is InChI=1S/C32H32F4N6O3S/c1-19(2)26-14-13-25(44-4)17-27(26)41-15-16-46-31(41)39-30(43)38-20(3)28(33)21-5-7-22(8-6-21)29-37-18-42(40-29)23-9-11-24(12-10-23)45-32(34,35)36/h5-14,17-20,28H,15-16H2,1-4H3,(H,38,43)/b39-31-. The molecule has 1 saturated heterocycles. The maximum Gasteiger partial charge on any atom is 0.573 e. The predicted molar refractivity (Wildman–Crippen MR) is 170 cm³/mol. The van der Waals surface area contributed by atoms with Crippen LogP contribution in [-0.4, -0.2) is 57.8 Å². The highest BCUT2D eigenvalue weighted by Crippen LogP contribution is 2.35. The Hall–Kier alpha value is -4.59. The van der Waals surface area contributed by atoms with Crippen molar-refractivity contribution in [1.82, 2.24) is 20.1 Å². The third kappa shape index (κ3) is 7.79. The van der Waals surface area contributed by atoms with E-state index in [0.717, 1.165) is 17.0 Å². The number of anilines is 1. The molecule has 4 aromatic rings. The van der Waals surface area contributed by atoms with Crippen molar-refractivity contribution in [3.05, 3.63) is 84.2 Å². The summed E-state index contributed by atoms with van der Waals surface area (Å²) in [4.78, 5) is 23.4. The number of benzene rings is 3. The van der Waals surface area contributed by atoms with Crippen LogP contribution in [0.15, 0.2) is 78.0 Å². The second-order valence-electron chi connectivity index (χ2n) is 10.8. The third-order valence-electron chi connectivity index (χ3n) is 7.23. The van der Waals surface area contributed by atoms with Gasteiger partial charge in [0.05, 0.1) is 18.8 Å². The molecule has 0 bridgehead atoms. The largest absolute Gasteiger partial charge is 0.573 e. The minimum absolute atomic E-state index is 0.245. The lowest BCUT2D eigenvalue weighted by Crippen LogP contribution is -2.35. The number of rotatable bonds is 9. The number of aliphatic imine (C=N–C) groups is 1. The molecule has 1 aliphatic heterocycles. The summed E-state index contributed by atoms with van der Waals surface area (Å²) in [6, 6.07) is 16.0. The SMILES string of the molecule is COc1ccc(C(C)C)c(N2CCS/C2=N\C(=O)NC(C)C(F)c2ccc(-c3ncn(-c4ccc(OC(F)(F)F)cc4)n3)cc2)c1. The van der Waals surface area contributed by atoms with Gasteiger partial charge in [-0.25, -0.2) is 18.9 Å². The average molecular weight is 657 g/mol. The first-order chi connectivity index (χ1) is 21.9. The smallest absolute Gasteiger partial charge is 0.497 e. The van der Waals surface area contributed by atoms with Crippen molar-refractivity contribution in [1.29, 1.82) is 0 Å². The van der Waals surface area contributed by atoms with E-state index in [1.165, 1.54) is 47.0 Å². The molecule has 3 aromatic carbocycles. The van der Waals surface area contributed by atoms with Crippen molar-refractivity contribution in [2.75, 3.05) is 24.3 Å². The summed E-state index contributed by atoms with van der Waals surface area (Å²) in [6.07, 6.45) is -4.88. The third-order valence-corrected chi connectivity index (χ3v) is 8.19. The Morgan fingerprint density at radius 2 is 1.72 bits per heavy atom. The molecule has 14 heteroatoms. The van der Waals surface area contributed by atoms with Gasteiger partial charge in [0.15, 0.2) is 11.0 Å². The summed E-state index contributed by atoms with van der Waals surface area (Å²) in [5.41, 5.74) is 3.46. The average Bonchev–Trinajstić information content (AvgIpc) is 3.70. The van der Waals surface area contributed by atoms with Crippen molar-refractivity contribution in [3.8, 4) is 28.6 Å². The topological polar surface area (TPSA) is 93.9 Å². The van der Waals surface area contributed by atoms with Gasteiger partial charge in [-0.2, -0.15) is 4.99 Å². The van der Waals surface area contributed by atoms with Crippen LogP contribution in [0.2, 0.25) is 0 Å². The zero-order chi connectivity index (χ0) is 33.0. The monoisotopic (exact) mass is 656 g/mol. The van der Waals surface area contributed by atoms with Crippen LogP contribution in [0.4, 0.5) is 28.0 Å². The number of aromatic nitrogens is 3. The predicted octanol–water partition coefficient (Wildman–Crippen LogP) is 7.68. The maximum atomic E-state index is 15.5. The molecule has 1 aromatic heterocycles. The molecule has 1 aliphatic rings. The number of amides is 2. The van der Waals surface area contributed by atoms with E-state index in [1.807, 2.05) is 23.1 Å². The van der Waals surface area contributed by atoms with Crippen molar-refractivity contribution < 1.29 is 31.8 Å². The number of amidine groups is 1. The number of halogens is 4. The quantitative estimate of drug-likeness (QED) is 0.185. The molecule has 2 unspecified atom stereocenters. The number of hydrogen-bond acceptors (Lipinski definition) is 6. The summed E-state index contributed by atoms with van der Waals surface area (Å²) in [5, 5.41) is 7.56. The van der Waals surface area contributed by atoms with Gasteiger partial charge >= 0.3 is 12.4 Å². The molecule has 9 nitrogen and oxygen atoms in total. The van der Waals surface area contributed by atoms with Crippen molar-refractivity contribution in [2.24, 2.45) is 4.99 Å². The first-order valence-electron chi connectivity index (χ1n) is 14.4. The Morgan fingerprint density at radius 1 is 1.02 bits per heavy atom. The molecular weight excluding hydrogens is 624 g/mol. The van der Waals surface area contributed by atoms with Crippen LogP contribution in [0.25, 0.3) is 17.1 Å². The number of carbonyl (C=O) groups excluding carboxylic acids is 1. The van der Waals surface area contributed by atoms with Gasteiger partial charge in [0.2, 0.25) is 0 Å². The highest BCUT2D eigenvalue weighted by molar-refractivity contribution is 8.14. The molecule has 0 saturated carbocycles. The molecule has 2 atom stereocenters. The summed E-state index contributed by atoms with van der Waals surface area (Å²) in [5.74, 6) is 1.69. The van der Waals surface area contributed by atoms with Crippen LogP contribution in [0.1, 0.15) is 44.0 Å². The maximum absolute atomic E-state index is 15.5. The first-order valence-corrected chi connectivity index (χ1v) is 15.4. The zero-order valence-corrected chi connectivity index (χ0v) is 26.3. The molecule has 0 spiro atoms. The van der Waals surface area contributed by atoms with Gasteiger partial charge in [-0.05, 0) is 54.3 Å². The Labute approximate surface area is 267 Å². The fourth-order valence-electron chi connectivity index (χ4n) is 4.90. The normalized spacial score (nSPS) is 15.7. The van der Waals surface area contributed by atoms with Crippen LogP contribution in [-0.2, 0) is 0 Å². The minimum Gasteiger partial charge on any atom is -0.497 e. The van der Waals surface area contributed by atoms with Crippen molar-refractivity contribution >= 4 is 28.6 Å². The number of methoxy groups -OCH3 is 1. The lowest BCUT2D eigenvalue weighted by atomic mass is 10.00. The molecule has 0 aliphatic carbocycles. The summed E-state index contributed by atoms with van der Waals surface area (Å²) in [7, 11) is 1.61. The number of nitrogens with one attached hydrogen (secondary N) is 1. The second kappa shape index (κ2) is 13.8. The summed E-state index contributed by atoms with van der Waals surface area (Å²) in [6.45, 7) is 6.44. The van der Waals surface area contributed by atoms with Gasteiger partial charge in [0, 0.05) is 29.6 Å². The highest BCUT2D eigenvalue weighted by Gasteiger charge is 2.31. The Balaban J connectivity index is 1.22. The molecule has 0 radical (unpaired) electrons. The number of alkyl halides is 4. The van der Waals surface area contributed by atoms with E-state index in [-0.39, 0.29) is 11.7 Å². The van der Waals surface area contributed by atoms with Crippen LogP contribution in [0.3, 0.4) is 0 Å². The number of hydrogen-bond donors (Lipinski definition) is 1.